The smallest absolute Gasteiger partial charge is 0.251 e. The van der Waals surface area contributed by atoms with E-state index in [0.717, 1.165) is 0 Å². The molecule has 0 saturated heterocycles. The number of furan rings is 1. The first kappa shape index (κ1) is 23.8. The minimum atomic E-state index is -1.10. The maximum Gasteiger partial charge on any atom is 0.251 e. The van der Waals surface area contributed by atoms with E-state index in [9.17, 15) is 14.4 Å². The van der Waals surface area contributed by atoms with Crippen molar-refractivity contribution in [3.8, 4) is 0 Å². The number of nitrogens with zero attached hydrogens (tertiary/aromatic N) is 4. The molecule has 0 radical (unpaired) electrons. The number of carbonyl (C=O) groups excluding carboxylic acids is 3. The minimum absolute atomic E-state index is 0.108. The Bertz CT molecular complexity index is 1310. The molecular weight excluding hydrogens is 450 g/mol. The van der Waals surface area contributed by atoms with Gasteiger partial charge in [0.25, 0.3) is 5.91 Å². The molecule has 0 fully saturated rings. The van der Waals surface area contributed by atoms with Crippen LogP contribution in [0.4, 0.5) is 5.69 Å². The third-order valence-corrected chi connectivity index (χ3v) is 5.45. The van der Waals surface area contributed by atoms with Crippen LogP contribution in [0.1, 0.15) is 29.1 Å². The SMILES string of the molecule is COCCNC(=O)[C@H](c1ccco1)N(C(=O)Cn1nnc2ccccc21)c1ccc(C(C)=O)cc1. The van der Waals surface area contributed by atoms with Gasteiger partial charge in [0, 0.05) is 24.9 Å². The Morgan fingerprint density at radius 3 is 2.54 bits per heavy atom. The summed E-state index contributed by atoms with van der Waals surface area (Å²) in [5, 5.41) is 11.0. The van der Waals surface area contributed by atoms with Gasteiger partial charge in [0.2, 0.25) is 5.91 Å². The van der Waals surface area contributed by atoms with E-state index in [1.807, 2.05) is 18.2 Å². The Hall–Kier alpha value is -4.31. The number of hydrogen-bond donors (Lipinski definition) is 1. The van der Waals surface area contributed by atoms with Crippen molar-refractivity contribution in [3.05, 3.63) is 78.3 Å². The van der Waals surface area contributed by atoms with E-state index in [4.69, 9.17) is 9.15 Å². The van der Waals surface area contributed by atoms with E-state index in [0.29, 0.717) is 28.9 Å². The van der Waals surface area contributed by atoms with Gasteiger partial charge in [-0.15, -0.1) is 5.10 Å². The van der Waals surface area contributed by atoms with Crippen molar-refractivity contribution < 1.29 is 23.5 Å². The monoisotopic (exact) mass is 475 g/mol. The first-order valence-corrected chi connectivity index (χ1v) is 11.0. The topological polar surface area (TPSA) is 120 Å². The second-order valence-corrected chi connectivity index (χ2v) is 7.80. The van der Waals surface area contributed by atoms with E-state index >= 15 is 0 Å². The molecule has 2 aromatic heterocycles. The summed E-state index contributed by atoms with van der Waals surface area (Å²) in [5.74, 6) is -0.681. The fraction of sp³-hybridized carbons (Fsp3) is 0.240. The van der Waals surface area contributed by atoms with Crippen molar-refractivity contribution in [3.63, 3.8) is 0 Å². The summed E-state index contributed by atoms with van der Waals surface area (Å²) in [6.07, 6.45) is 1.44. The van der Waals surface area contributed by atoms with Crippen LogP contribution in [0.15, 0.2) is 71.3 Å². The number of rotatable bonds is 10. The lowest BCUT2D eigenvalue weighted by Crippen LogP contribution is -2.45. The number of fused-ring (bicyclic) bond motifs is 1. The van der Waals surface area contributed by atoms with Gasteiger partial charge in [-0.1, -0.05) is 17.3 Å². The minimum Gasteiger partial charge on any atom is -0.467 e. The standard InChI is InChI=1S/C25H25N5O5/c1-17(31)18-9-11-19(12-10-18)30(23(32)16-29-21-7-4-3-6-20(21)27-28-29)24(22-8-5-14-35-22)25(33)26-13-15-34-2/h3-12,14,24H,13,15-16H2,1-2H3,(H,26,33)/t24-/m0/s1. The van der Waals surface area contributed by atoms with Crippen LogP contribution in [-0.2, 0) is 20.9 Å². The molecule has 1 atom stereocenters. The number of carbonyl (C=O) groups is 3. The molecule has 180 valence electrons. The molecule has 0 aliphatic carbocycles. The summed E-state index contributed by atoms with van der Waals surface area (Å²) in [6, 6.07) is 16.0. The van der Waals surface area contributed by atoms with Crippen LogP contribution in [0.5, 0.6) is 0 Å². The van der Waals surface area contributed by atoms with Gasteiger partial charge in [-0.05, 0) is 55.5 Å². The number of methoxy groups -OCH3 is 1. The van der Waals surface area contributed by atoms with Crippen molar-refractivity contribution in [2.24, 2.45) is 0 Å². The van der Waals surface area contributed by atoms with Crippen LogP contribution in [0, 0.1) is 0 Å². The zero-order chi connectivity index (χ0) is 24.8. The van der Waals surface area contributed by atoms with E-state index in [1.54, 1.807) is 42.5 Å². The van der Waals surface area contributed by atoms with Gasteiger partial charge in [0.1, 0.15) is 17.8 Å². The molecule has 2 amide bonds. The number of benzene rings is 2. The summed E-state index contributed by atoms with van der Waals surface area (Å²) in [4.78, 5) is 40.2. The van der Waals surface area contributed by atoms with Crippen molar-refractivity contribution in [2.45, 2.75) is 19.5 Å². The summed E-state index contributed by atoms with van der Waals surface area (Å²) < 4.78 is 12.1. The molecule has 1 N–H and O–H groups in total. The van der Waals surface area contributed by atoms with Crippen molar-refractivity contribution in [1.82, 2.24) is 20.3 Å². The van der Waals surface area contributed by atoms with E-state index in [-0.39, 0.29) is 24.6 Å². The molecular formula is C25H25N5O5. The van der Waals surface area contributed by atoms with Crippen molar-refractivity contribution in [2.75, 3.05) is 25.2 Å². The number of ether oxygens (including phenoxy) is 1. The molecule has 0 spiro atoms. The maximum absolute atomic E-state index is 13.8. The predicted octanol–water partition coefficient (Wildman–Crippen LogP) is 2.76. The molecule has 10 nitrogen and oxygen atoms in total. The van der Waals surface area contributed by atoms with Gasteiger partial charge < -0.3 is 14.5 Å². The molecule has 0 aliphatic heterocycles. The van der Waals surface area contributed by atoms with Gasteiger partial charge in [-0.3, -0.25) is 19.3 Å². The van der Waals surface area contributed by atoms with Gasteiger partial charge in [-0.2, -0.15) is 0 Å². The quantitative estimate of drug-likeness (QED) is 0.277. The second kappa shape index (κ2) is 10.7. The summed E-state index contributed by atoms with van der Waals surface area (Å²) >= 11 is 0. The summed E-state index contributed by atoms with van der Waals surface area (Å²) in [6.45, 7) is 1.86. The lowest BCUT2D eigenvalue weighted by atomic mass is 10.1. The van der Waals surface area contributed by atoms with Crippen molar-refractivity contribution in [1.29, 1.82) is 0 Å². The third-order valence-electron chi connectivity index (χ3n) is 5.45. The highest BCUT2D eigenvalue weighted by Gasteiger charge is 2.35. The molecule has 0 aliphatic rings. The van der Waals surface area contributed by atoms with Crippen molar-refractivity contribution >= 4 is 34.3 Å². The largest absolute Gasteiger partial charge is 0.467 e. The van der Waals surface area contributed by atoms with E-state index in [1.165, 1.54) is 29.9 Å². The molecule has 10 heteroatoms. The summed E-state index contributed by atoms with van der Waals surface area (Å²) in [7, 11) is 1.53. The third kappa shape index (κ3) is 5.28. The Morgan fingerprint density at radius 2 is 1.86 bits per heavy atom. The van der Waals surface area contributed by atoms with Crippen LogP contribution < -0.4 is 10.2 Å². The molecule has 35 heavy (non-hydrogen) atoms. The first-order chi connectivity index (χ1) is 17.0. The molecule has 0 unspecified atom stereocenters. The van der Waals surface area contributed by atoms with Crippen LogP contribution in [0.2, 0.25) is 0 Å². The number of hydrogen-bond acceptors (Lipinski definition) is 7. The lowest BCUT2D eigenvalue weighted by molar-refractivity contribution is -0.127. The number of amides is 2. The number of Topliss-reactive ketones (excluding diaryl/α,β-unsaturated/α-hetero) is 1. The van der Waals surface area contributed by atoms with E-state index < -0.39 is 17.9 Å². The Labute approximate surface area is 201 Å². The Morgan fingerprint density at radius 1 is 1.09 bits per heavy atom. The number of para-hydroxylation sites is 1. The molecule has 4 aromatic rings. The fourth-order valence-corrected chi connectivity index (χ4v) is 3.73. The zero-order valence-electron chi connectivity index (χ0n) is 19.4. The zero-order valence-corrected chi connectivity index (χ0v) is 19.4. The molecule has 0 bridgehead atoms. The highest BCUT2D eigenvalue weighted by molar-refractivity contribution is 6.02. The van der Waals surface area contributed by atoms with E-state index in [2.05, 4.69) is 15.6 Å². The van der Waals surface area contributed by atoms with Crippen LogP contribution >= 0.6 is 0 Å². The summed E-state index contributed by atoms with van der Waals surface area (Å²) in [5.41, 5.74) is 2.25. The normalized spacial score (nSPS) is 11.8. The Balaban J connectivity index is 1.74. The average Bonchev–Trinajstić information content (AvgIpc) is 3.53. The predicted molar refractivity (Wildman–Crippen MR) is 128 cm³/mol. The number of nitrogens with one attached hydrogen (secondary N) is 1. The van der Waals surface area contributed by atoms with Gasteiger partial charge in [0.05, 0.1) is 18.4 Å². The molecule has 0 saturated carbocycles. The van der Waals surface area contributed by atoms with Crippen LogP contribution in [-0.4, -0.2) is 52.9 Å². The van der Waals surface area contributed by atoms with Gasteiger partial charge >= 0.3 is 0 Å². The highest BCUT2D eigenvalue weighted by atomic mass is 16.5. The number of ketones is 1. The fourth-order valence-electron chi connectivity index (χ4n) is 3.73. The number of aromatic nitrogens is 3. The molecule has 2 aromatic carbocycles. The number of anilines is 1. The first-order valence-electron chi connectivity index (χ1n) is 11.0. The Kier molecular flexibility index (Phi) is 7.32. The average molecular weight is 476 g/mol. The molecule has 2 heterocycles. The lowest BCUT2D eigenvalue weighted by Gasteiger charge is -2.30. The second-order valence-electron chi connectivity index (χ2n) is 7.80. The van der Waals surface area contributed by atoms with Gasteiger partial charge in [-0.25, -0.2) is 4.68 Å². The maximum atomic E-state index is 13.8. The molecule has 4 rings (SSSR count). The van der Waals surface area contributed by atoms with Gasteiger partial charge in [0.15, 0.2) is 11.8 Å². The highest BCUT2D eigenvalue weighted by Crippen LogP contribution is 2.29. The van der Waals surface area contributed by atoms with Crippen LogP contribution in [0.3, 0.4) is 0 Å². The van der Waals surface area contributed by atoms with Crippen LogP contribution in [0.25, 0.3) is 11.0 Å².